The van der Waals surface area contributed by atoms with Gasteiger partial charge in [-0.3, -0.25) is 0 Å². The van der Waals surface area contributed by atoms with Gasteiger partial charge in [-0.2, -0.15) is 0 Å². The first-order valence-corrected chi connectivity index (χ1v) is 9.06. The van der Waals surface area contributed by atoms with Gasteiger partial charge in [0.15, 0.2) is 0 Å². The molecule has 0 bridgehead atoms. The summed E-state index contributed by atoms with van der Waals surface area (Å²) in [6.07, 6.45) is 0. The number of thiazole rings is 1. The van der Waals surface area contributed by atoms with Crippen molar-refractivity contribution in [2.75, 3.05) is 5.73 Å². The molecule has 0 unspecified atom stereocenters. The Morgan fingerprint density at radius 2 is 1.86 bits per heavy atom. The number of thioether (sulfide) groups is 1. The van der Waals surface area contributed by atoms with Crippen molar-refractivity contribution in [2.45, 2.75) is 10.6 Å². The van der Waals surface area contributed by atoms with E-state index in [9.17, 15) is 0 Å². The van der Waals surface area contributed by atoms with Crippen molar-refractivity contribution in [3.63, 3.8) is 0 Å². The molecule has 3 aromatic rings. The molecule has 1 heterocycles. The van der Waals surface area contributed by atoms with Gasteiger partial charge in [0.1, 0.15) is 5.01 Å². The number of benzene rings is 2. The minimum atomic E-state index is 0.773. The second-order valence-electron chi connectivity index (χ2n) is 4.46. The van der Waals surface area contributed by atoms with Crippen LogP contribution in [0.2, 0.25) is 0 Å². The van der Waals surface area contributed by atoms with E-state index in [0.29, 0.717) is 0 Å². The van der Waals surface area contributed by atoms with Crippen LogP contribution in [0.1, 0.15) is 5.01 Å². The highest BCUT2D eigenvalue weighted by Gasteiger charge is 2.07. The molecule has 3 rings (SSSR count). The van der Waals surface area contributed by atoms with Gasteiger partial charge in [-0.15, -0.1) is 23.1 Å². The van der Waals surface area contributed by atoms with Crippen molar-refractivity contribution in [1.29, 1.82) is 0 Å². The molecular formula is C16H13BrN2S2. The number of halogens is 1. The molecule has 0 saturated heterocycles. The quantitative estimate of drug-likeness (QED) is 0.486. The van der Waals surface area contributed by atoms with Gasteiger partial charge in [-0.25, -0.2) is 4.98 Å². The van der Waals surface area contributed by atoms with Gasteiger partial charge < -0.3 is 5.73 Å². The Balaban J connectivity index is 1.71. The zero-order valence-electron chi connectivity index (χ0n) is 11.1. The highest BCUT2D eigenvalue weighted by molar-refractivity contribution is 9.10. The average molecular weight is 377 g/mol. The average Bonchev–Trinajstić information content (AvgIpc) is 2.96. The van der Waals surface area contributed by atoms with Gasteiger partial charge >= 0.3 is 0 Å². The van der Waals surface area contributed by atoms with E-state index in [4.69, 9.17) is 5.73 Å². The van der Waals surface area contributed by atoms with Crippen molar-refractivity contribution >= 4 is 44.7 Å². The number of aromatic nitrogens is 1. The van der Waals surface area contributed by atoms with Gasteiger partial charge in [0.2, 0.25) is 0 Å². The van der Waals surface area contributed by atoms with Crippen LogP contribution in [0.25, 0.3) is 11.3 Å². The molecule has 106 valence electrons. The van der Waals surface area contributed by atoms with E-state index >= 15 is 0 Å². The molecule has 2 nitrogen and oxygen atoms in total. The molecule has 0 saturated carbocycles. The summed E-state index contributed by atoms with van der Waals surface area (Å²) in [7, 11) is 0. The van der Waals surface area contributed by atoms with E-state index in [1.54, 1.807) is 23.1 Å². The number of nitrogens with two attached hydrogens (primary N) is 1. The molecule has 0 radical (unpaired) electrons. The summed E-state index contributed by atoms with van der Waals surface area (Å²) in [6, 6.07) is 16.2. The molecule has 0 atom stereocenters. The summed E-state index contributed by atoms with van der Waals surface area (Å²) in [5.41, 5.74) is 8.74. The van der Waals surface area contributed by atoms with Crippen molar-refractivity contribution in [3.8, 4) is 11.3 Å². The maximum Gasteiger partial charge on any atom is 0.104 e. The number of nitrogens with zero attached hydrogens (tertiary/aromatic N) is 1. The van der Waals surface area contributed by atoms with Crippen molar-refractivity contribution in [3.05, 3.63) is 63.4 Å². The van der Waals surface area contributed by atoms with Crippen LogP contribution >= 0.6 is 39.0 Å². The molecule has 0 fully saturated rings. The lowest BCUT2D eigenvalue weighted by atomic mass is 10.1. The second kappa shape index (κ2) is 6.64. The van der Waals surface area contributed by atoms with Crippen molar-refractivity contribution in [1.82, 2.24) is 4.98 Å². The predicted molar refractivity (Wildman–Crippen MR) is 95.7 cm³/mol. The van der Waals surface area contributed by atoms with Crippen molar-refractivity contribution < 1.29 is 0 Å². The summed E-state index contributed by atoms with van der Waals surface area (Å²) in [6.45, 7) is 0. The lowest BCUT2D eigenvalue weighted by molar-refractivity contribution is 1.26. The molecule has 0 amide bonds. The minimum absolute atomic E-state index is 0.773. The SMILES string of the molecule is Nc1ccccc1-c1csc(CSc2ccc(Br)cc2)n1. The molecule has 21 heavy (non-hydrogen) atoms. The topological polar surface area (TPSA) is 38.9 Å². The normalized spacial score (nSPS) is 10.7. The van der Waals surface area contributed by atoms with Crippen LogP contribution in [0.3, 0.4) is 0 Å². The van der Waals surface area contributed by atoms with Crippen LogP contribution in [0.4, 0.5) is 5.69 Å². The number of para-hydroxylation sites is 1. The molecule has 5 heteroatoms. The summed E-state index contributed by atoms with van der Waals surface area (Å²) in [5, 5.41) is 3.18. The molecule has 0 spiro atoms. The van der Waals surface area contributed by atoms with Gasteiger partial charge in [0.25, 0.3) is 0 Å². The molecule has 0 aliphatic heterocycles. The maximum absolute atomic E-state index is 6.00. The summed E-state index contributed by atoms with van der Waals surface area (Å²) in [4.78, 5) is 5.93. The first kappa shape index (κ1) is 14.6. The first-order valence-electron chi connectivity index (χ1n) is 6.40. The van der Waals surface area contributed by atoms with Crippen LogP contribution in [-0.2, 0) is 5.75 Å². The van der Waals surface area contributed by atoms with Crippen LogP contribution < -0.4 is 5.73 Å². The monoisotopic (exact) mass is 376 g/mol. The number of anilines is 1. The lowest BCUT2D eigenvalue weighted by Gasteiger charge is -2.01. The molecular weight excluding hydrogens is 364 g/mol. The zero-order valence-corrected chi connectivity index (χ0v) is 14.3. The van der Waals surface area contributed by atoms with E-state index in [1.807, 2.05) is 24.3 Å². The fourth-order valence-corrected chi connectivity index (χ4v) is 3.88. The molecule has 2 aromatic carbocycles. The summed E-state index contributed by atoms with van der Waals surface area (Å²) >= 11 is 6.92. The largest absolute Gasteiger partial charge is 0.398 e. The van der Waals surface area contributed by atoms with Gasteiger partial charge in [-0.1, -0.05) is 34.1 Å². The second-order valence-corrected chi connectivity index (χ2v) is 7.36. The Morgan fingerprint density at radius 3 is 2.62 bits per heavy atom. The van der Waals surface area contributed by atoms with Crippen LogP contribution in [0, 0.1) is 0 Å². The lowest BCUT2D eigenvalue weighted by Crippen LogP contribution is -1.89. The predicted octanol–water partition coefficient (Wildman–Crippen LogP) is 5.45. The third kappa shape index (κ3) is 3.67. The van der Waals surface area contributed by atoms with E-state index < -0.39 is 0 Å². The Bertz CT molecular complexity index is 738. The number of hydrogen-bond acceptors (Lipinski definition) is 4. The molecule has 2 N–H and O–H groups in total. The Kier molecular flexibility index (Phi) is 4.63. The summed E-state index contributed by atoms with van der Waals surface area (Å²) in [5.74, 6) is 0.874. The number of rotatable bonds is 4. The smallest absolute Gasteiger partial charge is 0.104 e. The zero-order chi connectivity index (χ0) is 14.7. The maximum atomic E-state index is 6.00. The Morgan fingerprint density at radius 1 is 1.10 bits per heavy atom. The third-order valence-electron chi connectivity index (χ3n) is 2.96. The van der Waals surface area contributed by atoms with Crippen LogP contribution in [0.5, 0.6) is 0 Å². The highest BCUT2D eigenvalue weighted by Crippen LogP contribution is 2.30. The number of nitrogen functional groups attached to an aromatic ring is 1. The summed E-state index contributed by atoms with van der Waals surface area (Å²) < 4.78 is 1.10. The standard InChI is InChI=1S/C16H13BrN2S2/c17-11-5-7-12(8-6-11)20-10-16-19-15(9-21-16)13-3-1-2-4-14(13)18/h1-9H,10,18H2. The van der Waals surface area contributed by atoms with E-state index in [1.165, 1.54) is 4.90 Å². The van der Waals surface area contributed by atoms with Crippen molar-refractivity contribution in [2.24, 2.45) is 0 Å². The van der Waals surface area contributed by atoms with Gasteiger partial charge in [-0.05, 0) is 30.3 Å². The number of hydrogen-bond donors (Lipinski definition) is 1. The van der Waals surface area contributed by atoms with E-state index in [0.717, 1.165) is 32.2 Å². The Labute approximate surface area is 140 Å². The van der Waals surface area contributed by atoms with Gasteiger partial charge in [0, 0.05) is 26.0 Å². The van der Waals surface area contributed by atoms with Crippen LogP contribution in [0.15, 0.2) is 63.3 Å². The van der Waals surface area contributed by atoms with Gasteiger partial charge in [0.05, 0.1) is 11.4 Å². The van der Waals surface area contributed by atoms with E-state index in [2.05, 4.69) is 50.6 Å². The first-order chi connectivity index (χ1) is 10.2. The molecule has 1 aromatic heterocycles. The Hall–Kier alpha value is -1.30. The highest BCUT2D eigenvalue weighted by atomic mass is 79.9. The van der Waals surface area contributed by atoms with Crippen LogP contribution in [-0.4, -0.2) is 4.98 Å². The molecule has 0 aliphatic rings. The van der Waals surface area contributed by atoms with E-state index in [-0.39, 0.29) is 0 Å². The fraction of sp³-hybridized carbons (Fsp3) is 0.0625. The minimum Gasteiger partial charge on any atom is -0.398 e. The molecule has 0 aliphatic carbocycles. The third-order valence-corrected chi connectivity index (χ3v) is 5.55. The fourth-order valence-electron chi connectivity index (χ4n) is 1.91.